The van der Waals surface area contributed by atoms with E-state index >= 15 is 0 Å². The average Bonchev–Trinajstić information content (AvgIpc) is 2.96. The van der Waals surface area contributed by atoms with Gasteiger partial charge in [-0.25, -0.2) is 14.4 Å². The molecule has 0 aliphatic heterocycles. The lowest BCUT2D eigenvalue weighted by Crippen LogP contribution is -2.11. The number of aryl methyl sites for hydroxylation is 2. The summed E-state index contributed by atoms with van der Waals surface area (Å²) in [4.78, 5) is 20.7. The molecule has 4 rings (SSSR count). The fraction of sp³-hybridized carbons (Fsp3) is 0.100. The third-order valence-corrected chi connectivity index (χ3v) is 4.36. The minimum Gasteiger partial charge on any atom is -0.366 e. The van der Waals surface area contributed by atoms with Crippen molar-refractivity contribution in [2.45, 2.75) is 6.92 Å². The number of fused-ring (bicyclic) bond motifs is 1. The Morgan fingerprint density at radius 2 is 1.86 bits per heavy atom. The molecule has 3 N–H and O–H groups in total. The van der Waals surface area contributed by atoms with Gasteiger partial charge in [0.25, 0.3) is 0 Å². The zero-order chi connectivity index (χ0) is 19.8. The van der Waals surface area contributed by atoms with Crippen LogP contribution >= 0.6 is 12.4 Å². The maximum Gasteiger partial charge on any atom is 0.248 e. The Hall–Kier alpha value is -3.52. The molecule has 0 bridgehead atoms. The number of carbonyl (C=O) groups excluding carboxylic acids is 1. The monoisotopic (exact) mass is 412 g/mol. The molecule has 0 aliphatic carbocycles. The Kier molecular flexibility index (Phi) is 5.47. The van der Waals surface area contributed by atoms with Gasteiger partial charge < -0.3 is 11.1 Å². The Labute approximate surface area is 172 Å². The van der Waals surface area contributed by atoms with Crippen LogP contribution in [0.15, 0.2) is 48.5 Å². The lowest BCUT2D eigenvalue weighted by atomic mass is 10.2. The topological polar surface area (TPSA) is 98.7 Å². The molecule has 0 radical (unpaired) electrons. The highest BCUT2D eigenvalue weighted by molar-refractivity contribution is 5.95. The van der Waals surface area contributed by atoms with Gasteiger partial charge in [-0.1, -0.05) is 6.07 Å². The number of nitrogens with two attached hydrogens (primary N) is 1. The van der Waals surface area contributed by atoms with E-state index in [1.807, 2.05) is 6.92 Å². The number of nitrogens with zero attached hydrogens (tertiary/aromatic N) is 4. The van der Waals surface area contributed by atoms with Crippen LogP contribution in [0.3, 0.4) is 0 Å². The van der Waals surface area contributed by atoms with E-state index in [0.717, 1.165) is 5.69 Å². The molecule has 4 aromatic rings. The van der Waals surface area contributed by atoms with E-state index in [2.05, 4.69) is 20.4 Å². The molecular weight excluding hydrogens is 395 g/mol. The first-order chi connectivity index (χ1) is 13.4. The molecule has 0 saturated carbocycles. The lowest BCUT2D eigenvalue weighted by molar-refractivity contribution is 0.100. The third-order valence-electron chi connectivity index (χ3n) is 4.36. The van der Waals surface area contributed by atoms with Crippen molar-refractivity contribution in [3.8, 4) is 11.4 Å². The molecule has 0 unspecified atom stereocenters. The first-order valence-electron chi connectivity index (χ1n) is 8.56. The fourth-order valence-corrected chi connectivity index (χ4v) is 3.04. The Bertz CT molecular complexity index is 1210. The summed E-state index contributed by atoms with van der Waals surface area (Å²) in [6.07, 6.45) is 0. The van der Waals surface area contributed by atoms with E-state index in [-0.39, 0.29) is 18.2 Å². The molecule has 2 heterocycles. The van der Waals surface area contributed by atoms with Gasteiger partial charge in [0.1, 0.15) is 16.9 Å². The molecular formula is C20H18ClFN6O. The van der Waals surface area contributed by atoms with Crippen molar-refractivity contribution in [2.75, 3.05) is 5.32 Å². The molecule has 1 amide bonds. The molecule has 0 fully saturated rings. The van der Waals surface area contributed by atoms with Gasteiger partial charge in [0.2, 0.25) is 5.91 Å². The van der Waals surface area contributed by atoms with Crippen molar-refractivity contribution in [1.82, 2.24) is 19.7 Å². The number of hydrogen-bond donors (Lipinski definition) is 2. The van der Waals surface area contributed by atoms with Gasteiger partial charge in [0, 0.05) is 23.9 Å². The van der Waals surface area contributed by atoms with Crippen molar-refractivity contribution in [1.29, 1.82) is 0 Å². The van der Waals surface area contributed by atoms with E-state index in [1.54, 1.807) is 48.1 Å². The first-order valence-corrected chi connectivity index (χ1v) is 8.56. The molecule has 0 aliphatic rings. The number of aromatic nitrogens is 4. The van der Waals surface area contributed by atoms with Crippen LogP contribution in [0.4, 0.5) is 15.9 Å². The number of nitrogens with one attached hydrogen (secondary N) is 1. The van der Waals surface area contributed by atoms with Gasteiger partial charge in [0.15, 0.2) is 11.6 Å². The molecule has 0 saturated heterocycles. The Morgan fingerprint density at radius 1 is 1.14 bits per heavy atom. The Balaban J connectivity index is 0.00000240. The number of anilines is 2. The highest BCUT2D eigenvalue weighted by Gasteiger charge is 2.16. The summed E-state index contributed by atoms with van der Waals surface area (Å²) in [5, 5.41) is 7.65. The van der Waals surface area contributed by atoms with E-state index in [1.165, 1.54) is 12.1 Å². The van der Waals surface area contributed by atoms with Crippen LogP contribution in [0.2, 0.25) is 0 Å². The van der Waals surface area contributed by atoms with Crippen LogP contribution in [0.1, 0.15) is 16.1 Å². The van der Waals surface area contributed by atoms with Gasteiger partial charge >= 0.3 is 0 Å². The molecule has 2 aromatic carbocycles. The second-order valence-corrected chi connectivity index (χ2v) is 6.38. The number of carbonyl (C=O) groups is 1. The summed E-state index contributed by atoms with van der Waals surface area (Å²) in [5.74, 6) is 0.120. The van der Waals surface area contributed by atoms with E-state index < -0.39 is 5.91 Å². The largest absolute Gasteiger partial charge is 0.366 e. The van der Waals surface area contributed by atoms with Crippen molar-refractivity contribution in [3.63, 3.8) is 0 Å². The molecule has 0 spiro atoms. The minimum absolute atomic E-state index is 0. The number of hydrogen-bond acceptors (Lipinski definition) is 5. The van der Waals surface area contributed by atoms with Crippen molar-refractivity contribution >= 4 is 40.9 Å². The third kappa shape index (κ3) is 3.88. The standard InChI is InChI=1S/C20H17FN6O.ClH/c1-11-16-17(27(2)26-11)20(23-15-5-3-4-13(10-15)18(22)28)25-19(24-16)12-6-8-14(21)9-7-12;/h3-10H,1-2H3,(H2,22,28)(H,23,24,25);1H. The normalized spacial score (nSPS) is 10.6. The van der Waals surface area contributed by atoms with Crippen LogP contribution in [0, 0.1) is 12.7 Å². The van der Waals surface area contributed by atoms with Crippen LogP contribution in [-0.4, -0.2) is 25.7 Å². The molecule has 0 atom stereocenters. The van der Waals surface area contributed by atoms with E-state index in [0.29, 0.717) is 39.5 Å². The predicted molar refractivity (Wildman–Crippen MR) is 112 cm³/mol. The second kappa shape index (κ2) is 7.84. The number of benzene rings is 2. The van der Waals surface area contributed by atoms with Crippen molar-refractivity contribution in [3.05, 3.63) is 65.6 Å². The van der Waals surface area contributed by atoms with Gasteiger partial charge in [-0.2, -0.15) is 5.10 Å². The van der Waals surface area contributed by atoms with Crippen LogP contribution in [0.5, 0.6) is 0 Å². The summed E-state index contributed by atoms with van der Waals surface area (Å²) in [7, 11) is 1.81. The fourth-order valence-electron chi connectivity index (χ4n) is 3.04. The highest BCUT2D eigenvalue weighted by atomic mass is 35.5. The lowest BCUT2D eigenvalue weighted by Gasteiger charge is -2.11. The molecule has 29 heavy (non-hydrogen) atoms. The molecule has 7 nitrogen and oxygen atoms in total. The molecule has 9 heteroatoms. The summed E-state index contributed by atoms with van der Waals surface area (Å²) in [6, 6.07) is 12.8. The van der Waals surface area contributed by atoms with Gasteiger partial charge in [-0.3, -0.25) is 9.48 Å². The van der Waals surface area contributed by atoms with Crippen molar-refractivity contribution < 1.29 is 9.18 Å². The summed E-state index contributed by atoms with van der Waals surface area (Å²) >= 11 is 0. The smallest absolute Gasteiger partial charge is 0.248 e. The van der Waals surface area contributed by atoms with Crippen molar-refractivity contribution in [2.24, 2.45) is 12.8 Å². The summed E-state index contributed by atoms with van der Waals surface area (Å²) < 4.78 is 15.0. The quantitative estimate of drug-likeness (QED) is 0.532. The van der Waals surface area contributed by atoms with Gasteiger partial charge in [-0.05, 0) is 49.4 Å². The van der Waals surface area contributed by atoms with E-state index in [9.17, 15) is 9.18 Å². The number of primary amides is 1. The number of amides is 1. The first kappa shape index (κ1) is 20.2. The number of rotatable bonds is 4. The second-order valence-electron chi connectivity index (χ2n) is 6.38. The maximum absolute atomic E-state index is 13.3. The highest BCUT2D eigenvalue weighted by Crippen LogP contribution is 2.29. The van der Waals surface area contributed by atoms with E-state index in [4.69, 9.17) is 5.73 Å². The summed E-state index contributed by atoms with van der Waals surface area (Å²) in [6.45, 7) is 1.86. The average molecular weight is 413 g/mol. The minimum atomic E-state index is -0.514. The van der Waals surface area contributed by atoms with Crippen LogP contribution in [0.25, 0.3) is 22.4 Å². The zero-order valence-corrected chi connectivity index (χ0v) is 16.5. The van der Waals surface area contributed by atoms with Gasteiger partial charge in [-0.15, -0.1) is 12.4 Å². The van der Waals surface area contributed by atoms with Crippen LogP contribution in [-0.2, 0) is 7.05 Å². The maximum atomic E-state index is 13.3. The zero-order valence-electron chi connectivity index (χ0n) is 15.7. The van der Waals surface area contributed by atoms with Gasteiger partial charge in [0.05, 0.1) is 5.69 Å². The predicted octanol–water partition coefficient (Wildman–Crippen LogP) is 3.74. The molecule has 2 aromatic heterocycles. The van der Waals surface area contributed by atoms with Crippen LogP contribution < -0.4 is 11.1 Å². The summed E-state index contributed by atoms with van der Waals surface area (Å²) in [5.41, 5.74) is 9.24. The Morgan fingerprint density at radius 3 is 2.55 bits per heavy atom. The SMILES string of the molecule is Cc1nn(C)c2c(Nc3cccc(C(N)=O)c3)nc(-c3ccc(F)cc3)nc12.Cl. The number of halogens is 2. The molecule has 148 valence electrons.